The minimum Gasteiger partial charge on any atom is -0.486 e. The van der Waals surface area contributed by atoms with E-state index in [1.54, 1.807) is 41.8 Å². The number of aromatic nitrogens is 1. The van der Waals surface area contributed by atoms with E-state index in [4.69, 9.17) is 14.2 Å². The summed E-state index contributed by atoms with van der Waals surface area (Å²) < 4.78 is 46.4. The van der Waals surface area contributed by atoms with Gasteiger partial charge in [-0.1, -0.05) is 29.5 Å². The standard InChI is InChI=1S/C28H27N3O7S2/c1-3-36-26(32)13-14-31-22-17-23-24(38-16-15-37-23)18-25(22)39-28(31)29-27(33)19-9-11-21(12-10-19)40(34,35)30(2)20-7-5-4-6-8-20/h4-12,17-18H,3,13-16H2,1-2H3. The summed E-state index contributed by atoms with van der Waals surface area (Å²) in [5.74, 6) is 0.278. The van der Waals surface area contributed by atoms with Crippen molar-refractivity contribution in [3.8, 4) is 11.5 Å². The minimum atomic E-state index is -3.82. The quantitative estimate of drug-likeness (QED) is 0.289. The van der Waals surface area contributed by atoms with E-state index in [0.29, 0.717) is 35.2 Å². The number of para-hydroxylation sites is 1. The molecule has 10 nitrogen and oxygen atoms in total. The fraction of sp³-hybridized carbons (Fsp3) is 0.250. The first-order chi connectivity index (χ1) is 19.3. The summed E-state index contributed by atoms with van der Waals surface area (Å²) >= 11 is 1.28. The zero-order valence-corrected chi connectivity index (χ0v) is 23.5. The van der Waals surface area contributed by atoms with Crippen LogP contribution in [0.15, 0.2) is 76.6 Å². The number of sulfonamides is 1. The SMILES string of the molecule is CCOC(=O)CCn1c(=NC(=O)c2ccc(S(=O)(=O)N(C)c3ccccc3)cc2)sc2cc3c(cc21)OCCO3. The maximum absolute atomic E-state index is 13.2. The molecule has 1 aliphatic rings. The maximum Gasteiger partial charge on any atom is 0.307 e. The minimum absolute atomic E-state index is 0.0485. The van der Waals surface area contributed by atoms with Crippen molar-refractivity contribution in [3.63, 3.8) is 0 Å². The smallest absolute Gasteiger partial charge is 0.307 e. The molecule has 0 saturated heterocycles. The summed E-state index contributed by atoms with van der Waals surface area (Å²) in [6.45, 7) is 3.12. The zero-order chi connectivity index (χ0) is 28.3. The third-order valence-corrected chi connectivity index (χ3v) is 9.11. The average Bonchev–Trinajstić information content (AvgIpc) is 3.30. The van der Waals surface area contributed by atoms with Crippen LogP contribution in [0.2, 0.25) is 0 Å². The van der Waals surface area contributed by atoms with Crippen molar-refractivity contribution < 1.29 is 32.2 Å². The van der Waals surface area contributed by atoms with Crippen molar-refractivity contribution in [2.45, 2.75) is 24.8 Å². The van der Waals surface area contributed by atoms with Crippen LogP contribution in [0.5, 0.6) is 11.5 Å². The van der Waals surface area contributed by atoms with Gasteiger partial charge in [-0.2, -0.15) is 4.99 Å². The molecule has 1 aliphatic heterocycles. The highest BCUT2D eigenvalue weighted by Gasteiger charge is 2.22. The molecule has 0 N–H and O–H groups in total. The van der Waals surface area contributed by atoms with Crippen molar-refractivity contribution in [1.29, 1.82) is 0 Å². The number of rotatable bonds is 8. The molecule has 3 aromatic carbocycles. The van der Waals surface area contributed by atoms with Crippen LogP contribution in [0.4, 0.5) is 5.69 Å². The summed E-state index contributed by atoms with van der Waals surface area (Å²) in [4.78, 5) is 30.0. The predicted molar refractivity (Wildman–Crippen MR) is 150 cm³/mol. The van der Waals surface area contributed by atoms with E-state index < -0.39 is 15.9 Å². The van der Waals surface area contributed by atoms with Crippen LogP contribution < -0.4 is 18.6 Å². The van der Waals surface area contributed by atoms with Gasteiger partial charge in [-0.25, -0.2) is 8.42 Å². The molecule has 0 radical (unpaired) electrons. The van der Waals surface area contributed by atoms with Gasteiger partial charge in [0.05, 0.1) is 33.8 Å². The number of aryl methyl sites for hydroxylation is 1. The van der Waals surface area contributed by atoms with Crippen molar-refractivity contribution in [2.75, 3.05) is 31.2 Å². The Bertz CT molecular complexity index is 1730. The van der Waals surface area contributed by atoms with Crippen LogP contribution >= 0.6 is 11.3 Å². The molecule has 0 atom stereocenters. The molecule has 40 heavy (non-hydrogen) atoms. The predicted octanol–water partition coefficient (Wildman–Crippen LogP) is 3.99. The highest BCUT2D eigenvalue weighted by molar-refractivity contribution is 7.92. The molecule has 208 valence electrons. The molecule has 0 unspecified atom stereocenters. The normalized spacial score (nSPS) is 13.3. The van der Waals surface area contributed by atoms with Gasteiger partial charge in [0, 0.05) is 31.3 Å². The number of benzene rings is 3. The molecule has 0 bridgehead atoms. The fourth-order valence-electron chi connectivity index (χ4n) is 4.20. The molecule has 5 rings (SSSR count). The number of ether oxygens (including phenoxy) is 3. The van der Waals surface area contributed by atoms with Gasteiger partial charge in [-0.15, -0.1) is 0 Å². The topological polar surface area (TPSA) is 117 Å². The Balaban J connectivity index is 1.47. The second kappa shape index (κ2) is 11.5. The lowest BCUT2D eigenvalue weighted by Gasteiger charge is -2.19. The first-order valence-electron chi connectivity index (χ1n) is 12.6. The molecule has 0 spiro atoms. The van der Waals surface area contributed by atoms with E-state index in [2.05, 4.69) is 4.99 Å². The van der Waals surface area contributed by atoms with Gasteiger partial charge in [0.25, 0.3) is 15.9 Å². The lowest BCUT2D eigenvalue weighted by Crippen LogP contribution is -2.26. The number of carbonyl (C=O) groups excluding carboxylic acids is 2. The van der Waals surface area contributed by atoms with E-state index in [-0.39, 0.29) is 36.0 Å². The highest BCUT2D eigenvalue weighted by atomic mass is 32.2. The van der Waals surface area contributed by atoms with Gasteiger partial charge in [0.1, 0.15) is 13.2 Å². The first kappa shape index (κ1) is 27.4. The summed E-state index contributed by atoms with van der Waals surface area (Å²) in [5.41, 5.74) is 1.49. The Morgan fingerprint density at radius 1 is 1.02 bits per heavy atom. The Hall–Kier alpha value is -4.16. The van der Waals surface area contributed by atoms with Crippen molar-refractivity contribution >= 4 is 49.1 Å². The lowest BCUT2D eigenvalue weighted by atomic mass is 10.2. The zero-order valence-electron chi connectivity index (χ0n) is 21.9. The molecule has 12 heteroatoms. The number of hydrogen-bond donors (Lipinski definition) is 0. The third-order valence-electron chi connectivity index (χ3n) is 6.27. The fourth-order valence-corrected chi connectivity index (χ4v) is 6.46. The number of thiazole rings is 1. The summed E-state index contributed by atoms with van der Waals surface area (Å²) in [6.07, 6.45) is 0.0942. The van der Waals surface area contributed by atoms with Crippen molar-refractivity contribution in [2.24, 2.45) is 4.99 Å². The van der Waals surface area contributed by atoms with E-state index in [1.165, 1.54) is 47.0 Å². The summed E-state index contributed by atoms with van der Waals surface area (Å²) in [7, 11) is -2.35. The van der Waals surface area contributed by atoms with E-state index >= 15 is 0 Å². The van der Waals surface area contributed by atoms with Crippen molar-refractivity contribution in [1.82, 2.24) is 4.57 Å². The Morgan fingerprint density at radius 2 is 1.70 bits per heavy atom. The summed E-state index contributed by atoms with van der Waals surface area (Å²) in [6, 6.07) is 18.0. The molecule has 1 amide bonds. The number of esters is 1. The Labute approximate surface area is 235 Å². The van der Waals surface area contributed by atoms with Gasteiger partial charge in [-0.05, 0) is 43.3 Å². The van der Waals surface area contributed by atoms with E-state index in [0.717, 1.165) is 10.2 Å². The number of hydrogen-bond acceptors (Lipinski definition) is 8. The van der Waals surface area contributed by atoms with Gasteiger partial charge in [0.2, 0.25) is 0 Å². The molecular formula is C28H27N3O7S2. The van der Waals surface area contributed by atoms with Crippen LogP contribution in [0.1, 0.15) is 23.7 Å². The largest absolute Gasteiger partial charge is 0.486 e. The number of amides is 1. The number of carbonyl (C=O) groups is 2. The molecule has 1 aromatic heterocycles. The number of anilines is 1. The van der Waals surface area contributed by atoms with Gasteiger partial charge < -0.3 is 18.8 Å². The molecular weight excluding hydrogens is 554 g/mol. The van der Waals surface area contributed by atoms with Crippen LogP contribution in [0, 0.1) is 0 Å². The number of nitrogens with zero attached hydrogens (tertiary/aromatic N) is 3. The summed E-state index contributed by atoms with van der Waals surface area (Å²) in [5, 5.41) is 0. The first-order valence-corrected chi connectivity index (χ1v) is 14.9. The van der Waals surface area contributed by atoms with Gasteiger partial charge >= 0.3 is 5.97 Å². The van der Waals surface area contributed by atoms with Crippen LogP contribution in [0.25, 0.3) is 10.2 Å². The van der Waals surface area contributed by atoms with Crippen LogP contribution in [-0.2, 0) is 26.1 Å². The Kier molecular flexibility index (Phi) is 7.90. The second-order valence-corrected chi connectivity index (χ2v) is 11.8. The third kappa shape index (κ3) is 5.58. The van der Waals surface area contributed by atoms with Crippen molar-refractivity contribution in [3.05, 3.63) is 77.1 Å². The highest BCUT2D eigenvalue weighted by Crippen LogP contribution is 2.35. The monoisotopic (exact) mass is 581 g/mol. The average molecular weight is 582 g/mol. The molecule has 2 heterocycles. The molecule has 0 fully saturated rings. The lowest BCUT2D eigenvalue weighted by molar-refractivity contribution is -0.143. The maximum atomic E-state index is 13.2. The Morgan fingerprint density at radius 3 is 2.38 bits per heavy atom. The van der Waals surface area contributed by atoms with Gasteiger partial charge in [-0.3, -0.25) is 13.9 Å². The van der Waals surface area contributed by atoms with Crippen LogP contribution in [-0.4, -0.2) is 51.7 Å². The van der Waals surface area contributed by atoms with Crippen LogP contribution in [0.3, 0.4) is 0 Å². The molecule has 0 aliphatic carbocycles. The van der Waals surface area contributed by atoms with E-state index in [1.807, 2.05) is 12.1 Å². The molecule has 0 saturated carbocycles. The van der Waals surface area contributed by atoms with E-state index in [9.17, 15) is 18.0 Å². The number of fused-ring (bicyclic) bond motifs is 2. The molecule has 4 aromatic rings. The van der Waals surface area contributed by atoms with Gasteiger partial charge in [0.15, 0.2) is 16.3 Å². The second-order valence-electron chi connectivity index (χ2n) is 8.80.